The molecule has 0 unspecified atom stereocenters. The fraction of sp³-hybridized carbons (Fsp3) is 0.143. The zero-order valence-electron chi connectivity index (χ0n) is 6.59. The molecular formula is C7HCl7O. The number of aromatic hydroxyl groups is 1. The molecule has 0 bridgehead atoms. The summed E-state index contributed by atoms with van der Waals surface area (Å²) < 4.78 is -1.88. The first-order valence-electron chi connectivity index (χ1n) is 3.30. The van der Waals surface area contributed by atoms with Gasteiger partial charge < -0.3 is 5.11 Å². The molecule has 0 fully saturated rings. The maximum absolute atomic E-state index is 9.40. The van der Waals surface area contributed by atoms with Crippen LogP contribution >= 0.6 is 81.2 Å². The van der Waals surface area contributed by atoms with E-state index >= 15 is 0 Å². The lowest BCUT2D eigenvalue weighted by Crippen LogP contribution is -2.03. The van der Waals surface area contributed by atoms with Gasteiger partial charge in [0.25, 0.3) is 0 Å². The van der Waals surface area contributed by atoms with Crippen LogP contribution in [-0.2, 0) is 3.79 Å². The van der Waals surface area contributed by atoms with Crippen LogP contribution in [0.5, 0.6) is 5.75 Å². The van der Waals surface area contributed by atoms with Crippen LogP contribution in [0.15, 0.2) is 0 Å². The second-order valence-corrected chi connectivity index (χ2v) is 6.27. The Morgan fingerprint density at radius 2 is 1.07 bits per heavy atom. The van der Waals surface area contributed by atoms with Gasteiger partial charge in [-0.25, -0.2) is 0 Å². The van der Waals surface area contributed by atoms with Crippen LogP contribution in [0.25, 0.3) is 0 Å². The number of phenols is 1. The van der Waals surface area contributed by atoms with Crippen LogP contribution in [0, 0.1) is 0 Å². The first-order chi connectivity index (χ1) is 6.68. The molecule has 0 heterocycles. The Morgan fingerprint density at radius 1 is 0.733 bits per heavy atom. The fourth-order valence-electron chi connectivity index (χ4n) is 0.869. The molecule has 0 saturated heterocycles. The Bertz CT molecular complexity index is 380. The van der Waals surface area contributed by atoms with E-state index in [-0.39, 0.29) is 25.7 Å². The van der Waals surface area contributed by atoms with Crippen molar-refractivity contribution in [2.24, 2.45) is 0 Å². The summed E-state index contributed by atoms with van der Waals surface area (Å²) in [5.74, 6) is -0.452. The molecule has 1 aromatic carbocycles. The molecule has 1 aromatic rings. The molecule has 0 aromatic heterocycles. The highest BCUT2D eigenvalue weighted by molar-refractivity contribution is 6.68. The number of rotatable bonds is 0. The van der Waals surface area contributed by atoms with E-state index in [1.165, 1.54) is 0 Å². The molecule has 0 atom stereocenters. The second kappa shape index (κ2) is 4.73. The quantitative estimate of drug-likeness (QED) is 0.461. The van der Waals surface area contributed by atoms with E-state index in [4.69, 9.17) is 81.2 Å². The Labute approximate surface area is 121 Å². The molecule has 84 valence electrons. The van der Waals surface area contributed by atoms with Crippen molar-refractivity contribution in [2.45, 2.75) is 3.79 Å². The summed E-state index contributed by atoms with van der Waals surface area (Å²) in [7, 11) is 0. The maximum Gasteiger partial charge on any atom is 0.219 e. The number of hydrogen-bond donors (Lipinski definition) is 1. The van der Waals surface area contributed by atoms with Crippen molar-refractivity contribution < 1.29 is 5.11 Å². The van der Waals surface area contributed by atoms with E-state index in [1.54, 1.807) is 0 Å². The Kier molecular flexibility index (Phi) is 4.45. The highest BCUT2D eigenvalue weighted by Crippen LogP contribution is 2.53. The lowest BCUT2D eigenvalue weighted by atomic mass is 10.2. The summed E-state index contributed by atoms with van der Waals surface area (Å²) in [6, 6.07) is 0. The van der Waals surface area contributed by atoms with E-state index in [9.17, 15) is 5.11 Å². The standard InChI is InChI=1S/C7HCl7O/c8-2-1(7(12,13)14)3(9)5(11)6(15)4(2)10/h15H. The topological polar surface area (TPSA) is 20.2 Å². The molecule has 0 spiro atoms. The molecule has 0 amide bonds. The van der Waals surface area contributed by atoms with Crippen molar-refractivity contribution in [3.8, 4) is 5.75 Å². The van der Waals surface area contributed by atoms with E-state index in [1.807, 2.05) is 0 Å². The minimum Gasteiger partial charge on any atom is -0.505 e. The third kappa shape index (κ3) is 2.66. The van der Waals surface area contributed by atoms with Crippen LogP contribution in [0.4, 0.5) is 0 Å². The highest BCUT2D eigenvalue weighted by Gasteiger charge is 2.33. The van der Waals surface area contributed by atoms with Crippen molar-refractivity contribution in [3.63, 3.8) is 0 Å². The van der Waals surface area contributed by atoms with Crippen LogP contribution in [-0.4, -0.2) is 5.11 Å². The zero-order valence-corrected chi connectivity index (χ0v) is 11.9. The second-order valence-electron chi connectivity index (χ2n) is 2.48. The average molecular weight is 349 g/mol. The number of phenolic OH excluding ortho intramolecular Hbond substituents is 1. The Morgan fingerprint density at radius 3 is 1.33 bits per heavy atom. The summed E-state index contributed by atoms with van der Waals surface area (Å²) in [5, 5.41) is 8.67. The summed E-state index contributed by atoms with van der Waals surface area (Å²) in [6.45, 7) is 0. The molecule has 15 heavy (non-hydrogen) atoms. The molecule has 0 aliphatic heterocycles. The van der Waals surface area contributed by atoms with E-state index < -0.39 is 9.54 Å². The maximum atomic E-state index is 9.40. The molecule has 0 aliphatic carbocycles. The van der Waals surface area contributed by atoms with Gasteiger partial charge in [0.05, 0.1) is 10.0 Å². The SMILES string of the molecule is Oc1c(Cl)c(Cl)c(C(Cl)(Cl)Cl)c(Cl)c1Cl. The number of halogens is 7. The lowest BCUT2D eigenvalue weighted by Gasteiger charge is -2.17. The molecular weight excluding hydrogens is 348 g/mol. The van der Waals surface area contributed by atoms with Gasteiger partial charge in [0, 0.05) is 5.56 Å². The van der Waals surface area contributed by atoms with E-state index in [2.05, 4.69) is 0 Å². The largest absolute Gasteiger partial charge is 0.505 e. The highest BCUT2D eigenvalue weighted by atomic mass is 35.6. The first-order valence-corrected chi connectivity index (χ1v) is 5.94. The van der Waals surface area contributed by atoms with Crippen molar-refractivity contribution in [1.29, 1.82) is 0 Å². The fourth-order valence-corrected chi connectivity index (χ4v) is 2.85. The summed E-state index contributed by atoms with van der Waals surface area (Å²) in [6.07, 6.45) is 0. The van der Waals surface area contributed by atoms with Gasteiger partial charge in [0.2, 0.25) is 3.79 Å². The van der Waals surface area contributed by atoms with Gasteiger partial charge in [-0.2, -0.15) is 0 Å². The summed E-state index contributed by atoms with van der Waals surface area (Å²) >= 11 is 39.8. The Balaban J connectivity index is 3.68. The van der Waals surface area contributed by atoms with Crippen LogP contribution in [0.1, 0.15) is 5.56 Å². The third-order valence-electron chi connectivity index (χ3n) is 1.52. The minimum absolute atomic E-state index is 0.0661. The first kappa shape index (κ1) is 14.1. The van der Waals surface area contributed by atoms with Crippen molar-refractivity contribution in [1.82, 2.24) is 0 Å². The minimum atomic E-state index is -1.88. The zero-order chi connectivity index (χ0) is 12.0. The smallest absolute Gasteiger partial charge is 0.219 e. The van der Waals surface area contributed by atoms with Gasteiger partial charge in [-0.1, -0.05) is 81.2 Å². The van der Waals surface area contributed by atoms with Gasteiger partial charge >= 0.3 is 0 Å². The van der Waals surface area contributed by atoms with Gasteiger partial charge in [-0.05, 0) is 0 Å². The normalized spacial score (nSPS) is 11.9. The third-order valence-corrected chi connectivity index (χ3v) is 3.78. The lowest BCUT2D eigenvalue weighted by molar-refractivity contribution is 0.475. The van der Waals surface area contributed by atoms with Crippen molar-refractivity contribution in [2.75, 3.05) is 0 Å². The Hall–Kier alpha value is 1.05. The van der Waals surface area contributed by atoms with Gasteiger partial charge in [0.15, 0.2) is 5.75 Å². The summed E-state index contributed by atoms with van der Waals surface area (Å²) in [5.41, 5.74) is -0.0661. The van der Waals surface area contributed by atoms with Crippen molar-refractivity contribution in [3.05, 3.63) is 25.7 Å². The van der Waals surface area contributed by atoms with Crippen molar-refractivity contribution >= 4 is 81.2 Å². The van der Waals surface area contributed by atoms with Crippen LogP contribution < -0.4 is 0 Å². The number of alkyl halides is 3. The predicted octanol–water partition coefficient (Wildman–Crippen LogP) is 5.83. The van der Waals surface area contributed by atoms with Gasteiger partial charge in [-0.15, -0.1) is 0 Å². The summed E-state index contributed by atoms with van der Waals surface area (Å²) in [4.78, 5) is 0. The van der Waals surface area contributed by atoms with E-state index in [0.29, 0.717) is 0 Å². The molecule has 1 N–H and O–H groups in total. The predicted molar refractivity (Wildman–Crippen MR) is 67.4 cm³/mol. The molecule has 1 nitrogen and oxygen atoms in total. The average Bonchev–Trinajstić information content (AvgIpc) is 2.09. The number of benzene rings is 1. The molecule has 0 radical (unpaired) electrons. The molecule has 0 saturated carbocycles. The molecule has 8 heteroatoms. The van der Waals surface area contributed by atoms with Crippen LogP contribution in [0.2, 0.25) is 20.1 Å². The molecule has 0 aliphatic rings. The van der Waals surface area contributed by atoms with E-state index in [0.717, 1.165) is 0 Å². The van der Waals surface area contributed by atoms with Gasteiger partial charge in [-0.3, -0.25) is 0 Å². The monoisotopic (exact) mass is 346 g/mol. The number of hydrogen-bond acceptors (Lipinski definition) is 1. The van der Waals surface area contributed by atoms with Gasteiger partial charge in [0.1, 0.15) is 10.0 Å². The molecule has 1 rings (SSSR count). The van der Waals surface area contributed by atoms with Crippen LogP contribution in [0.3, 0.4) is 0 Å².